The van der Waals surface area contributed by atoms with E-state index in [0.717, 1.165) is 11.3 Å². The molecule has 0 aliphatic heterocycles. The highest BCUT2D eigenvalue weighted by molar-refractivity contribution is 14.0. The minimum Gasteiger partial charge on any atom is -0.377 e. The summed E-state index contributed by atoms with van der Waals surface area (Å²) >= 11 is 0. The number of amides is 1. The number of rotatable bonds is 8. The van der Waals surface area contributed by atoms with Crippen molar-refractivity contribution in [1.29, 1.82) is 0 Å². The van der Waals surface area contributed by atoms with Crippen LogP contribution in [0.2, 0.25) is 0 Å². The largest absolute Gasteiger partial charge is 0.377 e. The van der Waals surface area contributed by atoms with Gasteiger partial charge >= 0.3 is 0 Å². The van der Waals surface area contributed by atoms with Crippen LogP contribution >= 0.6 is 24.0 Å². The Morgan fingerprint density at radius 1 is 1.27 bits per heavy atom. The molecular weight excluding hydrogens is 443 g/mol. The minimum atomic E-state index is -0.266. The first-order valence-electron chi connectivity index (χ1n) is 8.64. The predicted octanol–water partition coefficient (Wildman–Crippen LogP) is 3.38. The number of hydrogen-bond acceptors (Lipinski definition) is 3. The van der Waals surface area contributed by atoms with E-state index in [4.69, 9.17) is 4.74 Å². The molecule has 0 unspecified atom stereocenters. The third kappa shape index (κ3) is 9.96. The highest BCUT2D eigenvalue weighted by Crippen LogP contribution is 2.12. The van der Waals surface area contributed by atoms with E-state index in [0.29, 0.717) is 31.4 Å². The zero-order chi connectivity index (χ0) is 18.9. The van der Waals surface area contributed by atoms with Gasteiger partial charge in [-0.05, 0) is 37.5 Å². The standard InChI is InChI=1S/C19H32N4O2.HI/c1-14(2)10-17(24)23-16-9-7-8-15(11-16)12-21-18(20-5)22-13-19(3,4)25-6;/h7-9,11,14H,10,12-13H2,1-6H3,(H,23,24)(H2,20,21,22);1H. The van der Waals surface area contributed by atoms with Crippen LogP contribution in [0.3, 0.4) is 0 Å². The van der Waals surface area contributed by atoms with E-state index in [1.165, 1.54) is 0 Å². The summed E-state index contributed by atoms with van der Waals surface area (Å²) in [4.78, 5) is 16.1. The number of nitrogens with one attached hydrogen (secondary N) is 3. The van der Waals surface area contributed by atoms with Crippen molar-refractivity contribution >= 4 is 41.5 Å². The van der Waals surface area contributed by atoms with Gasteiger partial charge in [0, 0.05) is 39.4 Å². The maximum atomic E-state index is 11.9. The number of halogens is 1. The van der Waals surface area contributed by atoms with Gasteiger partial charge in [0.25, 0.3) is 0 Å². The van der Waals surface area contributed by atoms with Crippen LogP contribution < -0.4 is 16.0 Å². The van der Waals surface area contributed by atoms with Crippen LogP contribution in [-0.2, 0) is 16.1 Å². The molecule has 0 aliphatic carbocycles. The maximum absolute atomic E-state index is 11.9. The summed E-state index contributed by atoms with van der Waals surface area (Å²) in [7, 11) is 3.43. The first kappa shape index (κ1) is 24.7. The van der Waals surface area contributed by atoms with Gasteiger partial charge in [-0.2, -0.15) is 0 Å². The smallest absolute Gasteiger partial charge is 0.224 e. The Bertz CT molecular complexity index is 589. The van der Waals surface area contributed by atoms with E-state index in [-0.39, 0.29) is 35.5 Å². The summed E-state index contributed by atoms with van der Waals surface area (Å²) in [6.45, 7) is 9.34. The summed E-state index contributed by atoms with van der Waals surface area (Å²) in [5, 5.41) is 9.45. The van der Waals surface area contributed by atoms with Crippen molar-refractivity contribution < 1.29 is 9.53 Å². The molecular formula is C19H33IN4O2. The molecule has 0 saturated heterocycles. The summed E-state index contributed by atoms with van der Waals surface area (Å²) in [5.74, 6) is 1.09. The van der Waals surface area contributed by atoms with Crippen LogP contribution in [0.15, 0.2) is 29.3 Å². The Morgan fingerprint density at radius 3 is 2.54 bits per heavy atom. The molecule has 0 saturated carbocycles. The molecule has 1 rings (SSSR count). The summed E-state index contributed by atoms with van der Waals surface area (Å²) in [5.41, 5.74) is 1.61. The van der Waals surface area contributed by atoms with Crippen LogP contribution in [0, 0.1) is 5.92 Å². The van der Waals surface area contributed by atoms with E-state index in [9.17, 15) is 4.79 Å². The van der Waals surface area contributed by atoms with Gasteiger partial charge in [-0.3, -0.25) is 9.79 Å². The van der Waals surface area contributed by atoms with Crippen molar-refractivity contribution in [2.24, 2.45) is 10.9 Å². The number of benzene rings is 1. The number of anilines is 1. The average molecular weight is 476 g/mol. The van der Waals surface area contributed by atoms with Gasteiger partial charge in [0.15, 0.2) is 5.96 Å². The van der Waals surface area contributed by atoms with Crippen molar-refractivity contribution in [1.82, 2.24) is 10.6 Å². The number of methoxy groups -OCH3 is 1. The Balaban J connectivity index is 0.00000625. The number of carbonyl (C=O) groups is 1. The van der Waals surface area contributed by atoms with E-state index >= 15 is 0 Å². The number of nitrogens with zero attached hydrogens (tertiary/aromatic N) is 1. The highest BCUT2D eigenvalue weighted by atomic mass is 127. The number of hydrogen-bond donors (Lipinski definition) is 3. The quantitative estimate of drug-likeness (QED) is 0.306. The molecule has 0 heterocycles. The number of aliphatic imine (C=N–C) groups is 1. The van der Waals surface area contributed by atoms with Gasteiger partial charge in [0.05, 0.1) is 5.60 Å². The first-order chi connectivity index (χ1) is 11.8. The normalized spacial score (nSPS) is 11.7. The van der Waals surface area contributed by atoms with Crippen molar-refractivity contribution in [3.05, 3.63) is 29.8 Å². The fourth-order valence-corrected chi connectivity index (χ4v) is 2.12. The number of ether oxygens (including phenoxy) is 1. The fourth-order valence-electron chi connectivity index (χ4n) is 2.12. The molecule has 0 bridgehead atoms. The zero-order valence-electron chi connectivity index (χ0n) is 16.7. The lowest BCUT2D eigenvalue weighted by Gasteiger charge is -2.24. The van der Waals surface area contributed by atoms with E-state index < -0.39 is 0 Å². The van der Waals surface area contributed by atoms with Gasteiger partial charge < -0.3 is 20.7 Å². The van der Waals surface area contributed by atoms with Gasteiger partial charge in [0.1, 0.15) is 0 Å². The molecule has 26 heavy (non-hydrogen) atoms. The third-order valence-electron chi connectivity index (χ3n) is 3.72. The Morgan fingerprint density at radius 2 is 1.96 bits per heavy atom. The van der Waals surface area contributed by atoms with Crippen molar-refractivity contribution in [2.75, 3.05) is 26.0 Å². The van der Waals surface area contributed by atoms with E-state index in [2.05, 4.69) is 20.9 Å². The molecule has 3 N–H and O–H groups in total. The monoisotopic (exact) mass is 476 g/mol. The topological polar surface area (TPSA) is 74.8 Å². The van der Waals surface area contributed by atoms with Crippen molar-refractivity contribution in [2.45, 2.75) is 46.3 Å². The van der Waals surface area contributed by atoms with Crippen molar-refractivity contribution in [3.63, 3.8) is 0 Å². The third-order valence-corrected chi connectivity index (χ3v) is 3.72. The van der Waals surface area contributed by atoms with Crippen LogP contribution in [0.4, 0.5) is 5.69 Å². The molecule has 0 atom stereocenters. The van der Waals surface area contributed by atoms with Crippen LogP contribution in [0.5, 0.6) is 0 Å². The SMILES string of the molecule is CN=C(NCc1cccc(NC(=O)CC(C)C)c1)NCC(C)(C)OC.I. The molecule has 1 amide bonds. The lowest BCUT2D eigenvalue weighted by Crippen LogP contribution is -2.45. The second-order valence-corrected chi connectivity index (χ2v) is 7.09. The molecule has 0 aromatic heterocycles. The summed E-state index contributed by atoms with van der Waals surface area (Å²) < 4.78 is 5.39. The summed E-state index contributed by atoms with van der Waals surface area (Å²) in [6, 6.07) is 7.82. The molecule has 6 nitrogen and oxygen atoms in total. The molecule has 0 fully saturated rings. The van der Waals surface area contributed by atoms with Crippen LogP contribution in [0.1, 0.15) is 39.7 Å². The van der Waals surface area contributed by atoms with E-state index in [1.54, 1.807) is 14.2 Å². The van der Waals surface area contributed by atoms with Gasteiger partial charge in [-0.25, -0.2) is 0 Å². The molecule has 1 aromatic carbocycles. The predicted molar refractivity (Wildman–Crippen MR) is 119 cm³/mol. The number of guanidine groups is 1. The lowest BCUT2D eigenvalue weighted by atomic mass is 10.1. The second kappa shape index (κ2) is 12.1. The number of carbonyl (C=O) groups excluding carboxylic acids is 1. The fraction of sp³-hybridized carbons (Fsp3) is 0.579. The lowest BCUT2D eigenvalue weighted by molar-refractivity contribution is -0.116. The first-order valence-corrected chi connectivity index (χ1v) is 8.64. The molecule has 1 aromatic rings. The second-order valence-electron chi connectivity index (χ2n) is 7.09. The molecule has 0 spiro atoms. The van der Waals surface area contributed by atoms with Crippen molar-refractivity contribution in [3.8, 4) is 0 Å². The molecule has 148 valence electrons. The minimum absolute atomic E-state index is 0. The van der Waals surface area contributed by atoms with Gasteiger partial charge in [0.2, 0.25) is 5.91 Å². The average Bonchev–Trinajstić information content (AvgIpc) is 2.54. The van der Waals surface area contributed by atoms with Gasteiger partial charge in [-0.15, -0.1) is 24.0 Å². The van der Waals surface area contributed by atoms with Crippen LogP contribution in [-0.4, -0.2) is 38.2 Å². The molecule has 7 heteroatoms. The molecule has 0 aliphatic rings. The van der Waals surface area contributed by atoms with Crippen LogP contribution in [0.25, 0.3) is 0 Å². The molecule has 0 radical (unpaired) electrons. The zero-order valence-corrected chi connectivity index (χ0v) is 19.0. The van der Waals surface area contributed by atoms with E-state index in [1.807, 2.05) is 52.0 Å². The summed E-state index contributed by atoms with van der Waals surface area (Å²) in [6.07, 6.45) is 0.522. The Labute approximate surface area is 174 Å². The highest BCUT2D eigenvalue weighted by Gasteiger charge is 2.16. The Kier molecular flexibility index (Phi) is 11.5. The Hall–Kier alpha value is -1.35. The van der Waals surface area contributed by atoms with Gasteiger partial charge in [-0.1, -0.05) is 26.0 Å². The maximum Gasteiger partial charge on any atom is 0.224 e.